The fourth-order valence-electron chi connectivity index (χ4n) is 4.13. The van der Waals surface area contributed by atoms with Crippen LogP contribution in [0.1, 0.15) is 24.1 Å². The molecular formula is C22H26N4O3. The number of imidazole rings is 1. The molecular weight excluding hydrogens is 368 g/mol. The second kappa shape index (κ2) is 7.75. The largest absolute Gasteiger partial charge is 0.496 e. The maximum absolute atomic E-state index is 11.5. The number of nitrogens with two attached hydrogens (primary N) is 1. The molecule has 152 valence electrons. The number of hydrogen-bond acceptors (Lipinski definition) is 5. The smallest absolute Gasteiger partial charge is 0.307 e. The molecule has 4 rings (SSSR count). The van der Waals surface area contributed by atoms with Gasteiger partial charge in [0.15, 0.2) is 0 Å². The van der Waals surface area contributed by atoms with E-state index in [0.29, 0.717) is 18.8 Å². The van der Waals surface area contributed by atoms with Crippen molar-refractivity contribution in [2.45, 2.75) is 26.3 Å². The van der Waals surface area contributed by atoms with Gasteiger partial charge in [0.1, 0.15) is 11.4 Å². The summed E-state index contributed by atoms with van der Waals surface area (Å²) in [6.07, 6.45) is 3.50. The molecule has 0 spiro atoms. The van der Waals surface area contributed by atoms with Gasteiger partial charge in [-0.15, -0.1) is 0 Å². The first kappa shape index (κ1) is 19.3. The summed E-state index contributed by atoms with van der Waals surface area (Å²) in [6, 6.07) is 9.79. The number of aliphatic carboxylic acids is 1. The lowest BCUT2D eigenvalue weighted by Gasteiger charge is -2.30. The number of fused-ring (bicyclic) bond motifs is 1. The van der Waals surface area contributed by atoms with Gasteiger partial charge in [-0.25, -0.2) is 4.98 Å². The summed E-state index contributed by atoms with van der Waals surface area (Å²) in [5, 5.41) is 9.43. The fourth-order valence-corrected chi connectivity index (χ4v) is 4.13. The lowest BCUT2D eigenvalue weighted by Crippen LogP contribution is -2.38. The third-order valence-electron chi connectivity index (χ3n) is 5.64. The number of nitrogens with zero attached hydrogens (tertiary/aromatic N) is 3. The number of aryl methyl sites for hydroxylation is 1. The Labute approximate surface area is 169 Å². The number of piperidine rings is 1. The van der Waals surface area contributed by atoms with E-state index in [1.54, 1.807) is 7.11 Å². The first-order chi connectivity index (χ1) is 14.0. The number of nitrogen functional groups attached to an aromatic ring is 1. The summed E-state index contributed by atoms with van der Waals surface area (Å²) in [7, 11) is 1.66. The van der Waals surface area contributed by atoms with E-state index in [-0.39, 0.29) is 5.92 Å². The molecule has 1 unspecified atom stereocenters. The number of pyridine rings is 1. The molecule has 1 aliphatic heterocycles. The summed E-state index contributed by atoms with van der Waals surface area (Å²) < 4.78 is 7.41. The van der Waals surface area contributed by atoms with Crippen LogP contribution in [0.5, 0.6) is 5.75 Å². The maximum Gasteiger partial charge on any atom is 0.307 e. The average Bonchev–Trinajstić information content (AvgIpc) is 3.05. The first-order valence-corrected chi connectivity index (χ1v) is 9.83. The van der Waals surface area contributed by atoms with Crippen LogP contribution in [-0.4, -0.2) is 45.6 Å². The van der Waals surface area contributed by atoms with E-state index in [1.807, 2.05) is 41.8 Å². The van der Waals surface area contributed by atoms with Gasteiger partial charge in [0.2, 0.25) is 0 Å². The number of rotatable bonds is 5. The van der Waals surface area contributed by atoms with Gasteiger partial charge in [0.25, 0.3) is 0 Å². The Hall–Kier alpha value is -3.06. The van der Waals surface area contributed by atoms with Crippen molar-refractivity contribution in [3.05, 3.63) is 47.8 Å². The van der Waals surface area contributed by atoms with Crippen molar-refractivity contribution in [1.82, 2.24) is 14.3 Å². The van der Waals surface area contributed by atoms with E-state index >= 15 is 0 Å². The van der Waals surface area contributed by atoms with E-state index in [0.717, 1.165) is 53.3 Å². The van der Waals surface area contributed by atoms with Gasteiger partial charge >= 0.3 is 5.97 Å². The van der Waals surface area contributed by atoms with Crippen molar-refractivity contribution in [3.63, 3.8) is 0 Å². The van der Waals surface area contributed by atoms with Crippen LogP contribution in [0.25, 0.3) is 16.9 Å². The second-order valence-electron chi connectivity index (χ2n) is 7.69. The number of aromatic nitrogens is 2. The summed E-state index contributed by atoms with van der Waals surface area (Å²) >= 11 is 0. The van der Waals surface area contributed by atoms with Gasteiger partial charge in [-0.1, -0.05) is 0 Å². The normalized spacial score (nSPS) is 17.5. The number of likely N-dealkylation sites (tertiary alicyclic amines) is 1. The van der Waals surface area contributed by atoms with E-state index in [2.05, 4.69) is 11.0 Å². The molecule has 0 saturated carbocycles. The van der Waals surface area contributed by atoms with Gasteiger partial charge in [-0.2, -0.15) is 0 Å². The molecule has 0 bridgehead atoms. The SMILES string of the molecule is COc1ccc(-c2nc3ccc(N)cn3c2CN2CCCC(C(=O)O)C2)cc1C. The molecule has 0 amide bonds. The van der Waals surface area contributed by atoms with Crippen LogP contribution in [0.3, 0.4) is 0 Å². The zero-order valence-corrected chi connectivity index (χ0v) is 16.8. The first-order valence-electron chi connectivity index (χ1n) is 9.83. The molecule has 7 nitrogen and oxygen atoms in total. The predicted octanol–water partition coefficient (Wildman–Crippen LogP) is 3.20. The molecule has 0 radical (unpaired) electrons. The highest BCUT2D eigenvalue weighted by Crippen LogP contribution is 2.31. The summed E-state index contributed by atoms with van der Waals surface area (Å²) in [4.78, 5) is 18.5. The highest BCUT2D eigenvalue weighted by Gasteiger charge is 2.27. The number of benzene rings is 1. The predicted molar refractivity (Wildman–Crippen MR) is 112 cm³/mol. The van der Waals surface area contributed by atoms with Gasteiger partial charge in [0, 0.05) is 30.5 Å². The lowest BCUT2D eigenvalue weighted by molar-refractivity contribution is -0.143. The number of carboxylic acids is 1. The van der Waals surface area contributed by atoms with Crippen molar-refractivity contribution < 1.29 is 14.6 Å². The van der Waals surface area contributed by atoms with Crippen molar-refractivity contribution >= 4 is 17.3 Å². The third kappa shape index (κ3) is 3.78. The molecule has 1 fully saturated rings. The second-order valence-corrected chi connectivity index (χ2v) is 7.69. The van der Waals surface area contributed by atoms with E-state index in [4.69, 9.17) is 15.5 Å². The van der Waals surface area contributed by atoms with Gasteiger partial charge in [-0.05, 0) is 62.2 Å². The number of hydrogen-bond donors (Lipinski definition) is 2. The average molecular weight is 394 g/mol. The van der Waals surface area contributed by atoms with Crippen LogP contribution in [0, 0.1) is 12.8 Å². The standard InChI is InChI=1S/C22H26N4O3/c1-14-10-15(5-7-19(14)29-2)21-18(26-12-17(23)6-8-20(26)24-21)13-25-9-3-4-16(11-25)22(27)28/h5-8,10,12,16H,3-4,9,11,13,23H2,1-2H3,(H,27,28). The van der Waals surface area contributed by atoms with Gasteiger partial charge in [0.05, 0.1) is 24.4 Å². The number of ether oxygens (including phenoxy) is 1. The summed E-state index contributed by atoms with van der Waals surface area (Å²) in [6.45, 7) is 4.05. The van der Waals surface area contributed by atoms with Crippen LogP contribution < -0.4 is 10.5 Å². The van der Waals surface area contributed by atoms with Crippen LogP contribution in [0.15, 0.2) is 36.5 Å². The quantitative estimate of drug-likeness (QED) is 0.690. The minimum Gasteiger partial charge on any atom is -0.496 e. The summed E-state index contributed by atoms with van der Waals surface area (Å²) in [5.41, 5.74) is 11.5. The Balaban J connectivity index is 1.77. The monoisotopic (exact) mass is 394 g/mol. The highest BCUT2D eigenvalue weighted by molar-refractivity contribution is 5.71. The van der Waals surface area contributed by atoms with Crippen LogP contribution >= 0.6 is 0 Å². The molecule has 1 atom stereocenters. The molecule has 3 heterocycles. The van der Waals surface area contributed by atoms with E-state index in [9.17, 15) is 9.90 Å². The molecule has 3 N–H and O–H groups in total. The molecule has 2 aromatic heterocycles. The number of carbonyl (C=O) groups is 1. The molecule has 3 aromatic rings. The number of methoxy groups -OCH3 is 1. The van der Waals surface area contributed by atoms with E-state index < -0.39 is 5.97 Å². The van der Waals surface area contributed by atoms with Crippen molar-refractivity contribution in [3.8, 4) is 17.0 Å². The van der Waals surface area contributed by atoms with Crippen LogP contribution in [0.2, 0.25) is 0 Å². The van der Waals surface area contributed by atoms with Crippen molar-refractivity contribution in [2.75, 3.05) is 25.9 Å². The topological polar surface area (TPSA) is 93.1 Å². The number of carboxylic acid groups (broad SMARTS) is 1. The maximum atomic E-state index is 11.5. The molecule has 0 aliphatic carbocycles. The lowest BCUT2D eigenvalue weighted by atomic mass is 9.98. The minimum absolute atomic E-state index is 0.320. The minimum atomic E-state index is -0.719. The van der Waals surface area contributed by atoms with E-state index in [1.165, 1.54) is 0 Å². The fraction of sp³-hybridized carbons (Fsp3) is 0.364. The Kier molecular flexibility index (Phi) is 5.15. The van der Waals surface area contributed by atoms with Crippen molar-refractivity contribution in [1.29, 1.82) is 0 Å². The van der Waals surface area contributed by atoms with Crippen LogP contribution in [0.4, 0.5) is 5.69 Å². The Morgan fingerprint density at radius 1 is 1.34 bits per heavy atom. The van der Waals surface area contributed by atoms with Gasteiger partial charge in [-0.3, -0.25) is 9.69 Å². The zero-order valence-electron chi connectivity index (χ0n) is 16.8. The van der Waals surface area contributed by atoms with Crippen LogP contribution in [-0.2, 0) is 11.3 Å². The third-order valence-corrected chi connectivity index (χ3v) is 5.64. The number of anilines is 1. The highest BCUT2D eigenvalue weighted by atomic mass is 16.5. The zero-order chi connectivity index (χ0) is 20.5. The Morgan fingerprint density at radius 3 is 2.90 bits per heavy atom. The molecule has 1 aromatic carbocycles. The molecule has 1 saturated heterocycles. The molecule has 29 heavy (non-hydrogen) atoms. The Morgan fingerprint density at radius 2 is 2.17 bits per heavy atom. The van der Waals surface area contributed by atoms with Crippen molar-refractivity contribution in [2.24, 2.45) is 5.92 Å². The molecule has 1 aliphatic rings. The van der Waals surface area contributed by atoms with Gasteiger partial charge < -0.3 is 20.0 Å². The molecule has 7 heteroatoms. The Bertz CT molecular complexity index is 1060. The summed E-state index contributed by atoms with van der Waals surface area (Å²) in [5.74, 6) is -0.202.